The van der Waals surface area contributed by atoms with Crippen molar-refractivity contribution >= 4 is 100.0 Å². The van der Waals surface area contributed by atoms with Crippen molar-refractivity contribution in [1.82, 2.24) is 4.57 Å². The van der Waals surface area contributed by atoms with Gasteiger partial charge in [-0.05, 0) is 46.4 Å². The molecule has 1 heterocycles. The van der Waals surface area contributed by atoms with E-state index in [1.807, 2.05) is 6.07 Å². The van der Waals surface area contributed by atoms with Crippen molar-refractivity contribution in [3.63, 3.8) is 0 Å². The standard InChI is InChI=1S/C28H29B5ClN/c1-28(2,3)16-7-4-14(5-8-16)15-6-10-18-19-13-17(34)9-11-20(19)35(21(18)12-15)27-25(32)23(30)22(29)24(31)26(27)33/h4-13H,29-33H2,1-3H3. The number of hydrogen-bond donors (Lipinski definition) is 0. The molecule has 0 unspecified atom stereocenters. The highest BCUT2D eigenvalue weighted by Gasteiger charge is 2.19. The van der Waals surface area contributed by atoms with Gasteiger partial charge in [-0.2, -0.15) is 0 Å². The van der Waals surface area contributed by atoms with Crippen molar-refractivity contribution < 1.29 is 0 Å². The highest BCUT2D eigenvalue weighted by Crippen LogP contribution is 2.35. The molecule has 0 aliphatic heterocycles. The zero-order chi connectivity index (χ0) is 25.2. The third-order valence-corrected chi connectivity index (χ3v) is 8.23. The Labute approximate surface area is 218 Å². The average molecular weight is 469 g/mol. The Morgan fingerprint density at radius 1 is 0.600 bits per heavy atom. The average Bonchev–Trinajstić information content (AvgIpc) is 3.14. The fourth-order valence-electron chi connectivity index (χ4n) is 5.39. The molecule has 5 aromatic rings. The summed E-state index contributed by atoms with van der Waals surface area (Å²) in [5.41, 5.74) is 14.4. The van der Waals surface area contributed by atoms with Crippen molar-refractivity contribution in [1.29, 1.82) is 0 Å². The molecule has 168 valence electrons. The van der Waals surface area contributed by atoms with E-state index >= 15 is 0 Å². The third-order valence-electron chi connectivity index (χ3n) is 8.00. The number of hydrogen-bond acceptors (Lipinski definition) is 0. The van der Waals surface area contributed by atoms with E-state index in [1.165, 1.54) is 71.5 Å². The Balaban J connectivity index is 1.84. The number of halogens is 1. The Bertz CT molecular complexity index is 1600. The molecule has 4 aromatic carbocycles. The van der Waals surface area contributed by atoms with Crippen LogP contribution in [0, 0.1) is 0 Å². The van der Waals surface area contributed by atoms with Crippen LogP contribution in [-0.4, -0.2) is 43.8 Å². The summed E-state index contributed by atoms with van der Waals surface area (Å²) in [6.07, 6.45) is 0. The quantitative estimate of drug-likeness (QED) is 0.313. The first-order chi connectivity index (χ1) is 16.5. The van der Waals surface area contributed by atoms with Gasteiger partial charge < -0.3 is 4.57 Å². The van der Waals surface area contributed by atoms with Crippen LogP contribution in [0.25, 0.3) is 38.6 Å². The number of nitrogens with zero attached hydrogens (tertiary/aromatic N) is 1. The fraction of sp³-hybridized carbons (Fsp3) is 0.143. The van der Waals surface area contributed by atoms with Crippen LogP contribution < -0.4 is 27.3 Å². The van der Waals surface area contributed by atoms with E-state index in [9.17, 15) is 0 Å². The van der Waals surface area contributed by atoms with Crippen LogP contribution in [0.5, 0.6) is 0 Å². The van der Waals surface area contributed by atoms with Gasteiger partial charge in [-0.1, -0.05) is 90.6 Å². The molecule has 0 aliphatic carbocycles. The van der Waals surface area contributed by atoms with Gasteiger partial charge in [-0.25, -0.2) is 0 Å². The minimum absolute atomic E-state index is 0.143. The predicted molar refractivity (Wildman–Crippen MR) is 171 cm³/mol. The second-order valence-corrected chi connectivity index (χ2v) is 11.5. The normalized spacial score (nSPS) is 12.0. The van der Waals surface area contributed by atoms with Crippen molar-refractivity contribution in [3.05, 3.63) is 71.2 Å². The summed E-state index contributed by atoms with van der Waals surface area (Å²) in [5, 5.41) is 3.19. The molecule has 0 atom stereocenters. The molecular weight excluding hydrogens is 440 g/mol. The second-order valence-electron chi connectivity index (χ2n) is 11.0. The number of aromatic nitrogens is 1. The van der Waals surface area contributed by atoms with Crippen LogP contribution in [0.4, 0.5) is 0 Å². The van der Waals surface area contributed by atoms with Crippen molar-refractivity contribution in [3.8, 4) is 16.8 Å². The lowest BCUT2D eigenvalue weighted by atomic mass is 9.61. The van der Waals surface area contributed by atoms with Crippen LogP contribution in [0.2, 0.25) is 5.02 Å². The summed E-state index contributed by atoms with van der Waals surface area (Å²) in [7, 11) is 11.2. The molecule has 0 fully saturated rings. The van der Waals surface area contributed by atoms with Gasteiger partial charge in [-0.3, -0.25) is 0 Å². The van der Waals surface area contributed by atoms with E-state index in [1.54, 1.807) is 0 Å². The van der Waals surface area contributed by atoms with Gasteiger partial charge in [0.1, 0.15) is 39.2 Å². The summed E-state index contributed by atoms with van der Waals surface area (Å²) in [4.78, 5) is 0. The maximum atomic E-state index is 6.48. The van der Waals surface area contributed by atoms with Gasteiger partial charge in [0.2, 0.25) is 0 Å². The Morgan fingerprint density at radius 3 is 1.77 bits per heavy atom. The molecule has 0 radical (unpaired) electrons. The molecule has 0 amide bonds. The summed E-state index contributed by atoms with van der Waals surface area (Å²) in [5.74, 6) is 0. The second kappa shape index (κ2) is 8.45. The summed E-state index contributed by atoms with van der Waals surface area (Å²) < 4.78 is 2.46. The smallest absolute Gasteiger partial charge is 0.141 e. The molecule has 0 N–H and O–H groups in total. The van der Waals surface area contributed by atoms with Gasteiger partial charge in [0.05, 0.1) is 11.0 Å². The minimum Gasteiger partial charge on any atom is -0.310 e. The number of benzene rings is 4. The van der Waals surface area contributed by atoms with E-state index in [0.717, 1.165) is 5.02 Å². The molecule has 5 rings (SSSR count). The highest BCUT2D eigenvalue weighted by molar-refractivity contribution is 6.68. The number of fused-ring (bicyclic) bond motifs is 3. The Kier molecular flexibility index (Phi) is 5.80. The molecule has 35 heavy (non-hydrogen) atoms. The summed E-state index contributed by atoms with van der Waals surface area (Å²) in [6.45, 7) is 6.77. The number of rotatable bonds is 2. The van der Waals surface area contributed by atoms with E-state index in [-0.39, 0.29) is 5.41 Å². The topological polar surface area (TPSA) is 4.93 Å². The largest absolute Gasteiger partial charge is 0.310 e. The van der Waals surface area contributed by atoms with Crippen LogP contribution in [-0.2, 0) is 5.41 Å². The first-order valence-corrected chi connectivity index (χ1v) is 12.8. The van der Waals surface area contributed by atoms with Gasteiger partial charge in [0, 0.05) is 21.5 Å². The monoisotopic (exact) mass is 469 g/mol. The molecule has 0 saturated carbocycles. The van der Waals surface area contributed by atoms with Crippen LogP contribution >= 0.6 is 11.6 Å². The zero-order valence-corrected chi connectivity index (χ0v) is 22.9. The molecule has 0 spiro atoms. The van der Waals surface area contributed by atoms with Gasteiger partial charge in [-0.15, -0.1) is 5.46 Å². The first kappa shape index (κ1) is 24.0. The molecule has 0 bridgehead atoms. The van der Waals surface area contributed by atoms with Gasteiger partial charge in [0.15, 0.2) is 0 Å². The molecule has 1 aromatic heterocycles. The maximum Gasteiger partial charge on any atom is 0.141 e. The molecule has 0 aliphatic rings. The summed E-state index contributed by atoms with van der Waals surface area (Å²) in [6, 6.07) is 22.1. The van der Waals surface area contributed by atoms with E-state index < -0.39 is 0 Å². The van der Waals surface area contributed by atoms with Crippen LogP contribution in [0.1, 0.15) is 26.3 Å². The van der Waals surface area contributed by atoms with Crippen molar-refractivity contribution in [2.75, 3.05) is 0 Å². The van der Waals surface area contributed by atoms with E-state index in [4.69, 9.17) is 11.6 Å². The van der Waals surface area contributed by atoms with E-state index in [2.05, 4.69) is 119 Å². The van der Waals surface area contributed by atoms with Crippen LogP contribution in [0.3, 0.4) is 0 Å². The molecule has 0 saturated heterocycles. The van der Waals surface area contributed by atoms with E-state index in [0.29, 0.717) is 0 Å². The third kappa shape index (κ3) is 3.87. The molecule has 7 heteroatoms. The lowest BCUT2D eigenvalue weighted by Crippen LogP contribution is -2.56. The Hall–Kier alpha value is -2.71. The summed E-state index contributed by atoms with van der Waals surface area (Å²) >= 11 is 6.48. The SMILES string of the molecule is Bc1c(B)c(B)c(-n2c3ccc(Cl)cc3c3ccc(-c4ccc(C(C)(C)C)cc4)cc32)c(B)c1B. The lowest BCUT2D eigenvalue weighted by Gasteiger charge is -2.22. The van der Waals surface area contributed by atoms with Crippen LogP contribution in [0.15, 0.2) is 60.7 Å². The Morgan fingerprint density at radius 2 is 1.17 bits per heavy atom. The molecule has 1 nitrogen and oxygen atoms in total. The van der Waals surface area contributed by atoms with Gasteiger partial charge >= 0.3 is 0 Å². The van der Waals surface area contributed by atoms with Crippen molar-refractivity contribution in [2.45, 2.75) is 26.2 Å². The fourth-order valence-corrected chi connectivity index (χ4v) is 5.56. The zero-order valence-electron chi connectivity index (χ0n) is 22.1. The highest BCUT2D eigenvalue weighted by atomic mass is 35.5. The lowest BCUT2D eigenvalue weighted by molar-refractivity contribution is 0.590. The van der Waals surface area contributed by atoms with Gasteiger partial charge in [0.25, 0.3) is 0 Å². The van der Waals surface area contributed by atoms with Crippen molar-refractivity contribution in [2.24, 2.45) is 0 Å². The minimum atomic E-state index is 0.143. The maximum absolute atomic E-state index is 6.48. The predicted octanol–water partition coefficient (Wildman–Crippen LogP) is -0.306. The molecular formula is C28H29B5ClN. The first-order valence-electron chi connectivity index (χ1n) is 12.4.